The maximum absolute atomic E-state index is 12.5. The highest BCUT2D eigenvalue weighted by Crippen LogP contribution is 2.42. The predicted octanol–water partition coefficient (Wildman–Crippen LogP) is 2.38. The summed E-state index contributed by atoms with van der Waals surface area (Å²) in [5.74, 6) is 6.78. The van der Waals surface area contributed by atoms with Gasteiger partial charge in [0.25, 0.3) is 0 Å². The van der Waals surface area contributed by atoms with E-state index in [1.807, 2.05) is 6.07 Å². The van der Waals surface area contributed by atoms with Crippen molar-refractivity contribution in [2.75, 3.05) is 24.7 Å². The van der Waals surface area contributed by atoms with Crippen molar-refractivity contribution in [3.8, 4) is 23.3 Å². The molecule has 1 aromatic heterocycles. The molecule has 1 aromatic carbocycles. The number of thiazole rings is 1. The van der Waals surface area contributed by atoms with Gasteiger partial charge >= 0.3 is 12.1 Å². The molecular weight excluding hydrogens is 346 g/mol. The number of hydrogen-bond donors (Lipinski definition) is 1. The second-order valence-electron chi connectivity index (χ2n) is 5.39. The molecule has 1 saturated heterocycles. The van der Waals surface area contributed by atoms with E-state index >= 15 is 0 Å². The average Bonchev–Trinajstić information content (AvgIpc) is 3.16. The average molecular weight is 359 g/mol. The highest BCUT2D eigenvalue weighted by molar-refractivity contribution is 7.22. The van der Waals surface area contributed by atoms with E-state index in [0.717, 1.165) is 9.60 Å². The van der Waals surface area contributed by atoms with E-state index < -0.39 is 18.2 Å². The zero-order valence-corrected chi connectivity index (χ0v) is 14.0. The number of urea groups is 1. The Bertz CT molecular complexity index is 944. The minimum absolute atomic E-state index is 0.0113. The molecule has 3 amide bonds. The molecule has 0 saturated carbocycles. The molecule has 25 heavy (non-hydrogen) atoms. The van der Waals surface area contributed by atoms with Crippen LogP contribution < -0.4 is 14.4 Å². The molecule has 3 heterocycles. The minimum atomic E-state index is -1.30. The van der Waals surface area contributed by atoms with Crippen LogP contribution in [-0.4, -0.2) is 52.9 Å². The van der Waals surface area contributed by atoms with Crippen LogP contribution in [-0.2, 0) is 0 Å². The minimum Gasteiger partial charge on any atom is -0.486 e. The molecule has 2 aliphatic rings. The van der Waals surface area contributed by atoms with Gasteiger partial charge in [-0.25, -0.2) is 19.5 Å². The number of imide groups is 1. The number of aromatic nitrogens is 1. The van der Waals surface area contributed by atoms with Crippen molar-refractivity contribution in [3.05, 3.63) is 12.1 Å². The summed E-state index contributed by atoms with van der Waals surface area (Å²) in [6.07, 6.45) is -1.30. The van der Waals surface area contributed by atoms with E-state index in [-0.39, 0.29) is 6.54 Å². The first-order valence-corrected chi connectivity index (χ1v) is 8.37. The number of rotatable bonds is 1. The van der Waals surface area contributed by atoms with Crippen LogP contribution >= 0.6 is 11.3 Å². The van der Waals surface area contributed by atoms with Crippen LogP contribution in [0.5, 0.6) is 11.5 Å². The molecular formula is C16H13N3O5S. The molecule has 1 unspecified atom stereocenters. The number of carbonyl (C=O) groups excluding carboxylic acids is 1. The largest absolute Gasteiger partial charge is 0.486 e. The monoisotopic (exact) mass is 359 g/mol. The molecule has 8 nitrogen and oxygen atoms in total. The Morgan fingerprint density at radius 1 is 1.40 bits per heavy atom. The van der Waals surface area contributed by atoms with Crippen molar-refractivity contribution >= 4 is 38.8 Å². The molecule has 2 aromatic rings. The van der Waals surface area contributed by atoms with Crippen molar-refractivity contribution in [1.82, 2.24) is 9.88 Å². The van der Waals surface area contributed by atoms with Crippen LogP contribution in [0.25, 0.3) is 10.2 Å². The lowest BCUT2D eigenvalue weighted by atomic mass is 10.3. The third-order valence-corrected chi connectivity index (χ3v) is 4.93. The summed E-state index contributed by atoms with van der Waals surface area (Å²) in [6, 6.07) is 2.44. The van der Waals surface area contributed by atoms with Gasteiger partial charge in [0.15, 0.2) is 16.6 Å². The SMILES string of the molecule is CC#CC1CN(C(=O)O)C(=O)N1c1nc2c3c(ccc2s1)OCCO3. The van der Waals surface area contributed by atoms with E-state index in [1.54, 1.807) is 13.0 Å². The fraction of sp³-hybridized carbons (Fsp3) is 0.312. The first-order valence-electron chi connectivity index (χ1n) is 7.55. The number of ether oxygens (including phenoxy) is 2. The van der Waals surface area contributed by atoms with Crippen LogP contribution in [0.3, 0.4) is 0 Å². The highest BCUT2D eigenvalue weighted by Gasteiger charge is 2.42. The van der Waals surface area contributed by atoms with E-state index in [0.29, 0.717) is 35.4 Å². The molecule has 0 bridgehead atoms. The topological polar surface area (TPSA) is 92.2 Å². The molecule has 4 rings (SSSR count). The third-order valence-electron chi connectivity index (χ3n) is 3.91. The fourth-order valence-electron chi connectivity index (χ4n) is 2.84. The lowest BCUT2D eigenvalue weighted by molar-refractivity contribution is 0.158. The maximum Gasteiger partial charge on any atom is 0.415 e. The van der Waals surface area contributed by atoms with E-state index in [1.165, 1.54) is 16.2 Å². The van der Waals surface area contributed by atoms with Gasteiger partial charge in [0.1, 0.15) is 24.8 Å². The summed E-state index contributed by atoms with van der Waals surface area (Å²) in [7, 11) is 0. The van der Waals surface area contributed by atoms with Crippen LogP contribution in [0.4, 0.5) is 14.7 Å². The Morgan fingerprint density at radius 3 is 2.96 bits per heavy atom. The van der Waals surface area contributed by atoms with E-state index in [4.69, 9.17) is 9.47 Å². The van der Waals surface area contributed by atoms with Crippen LogP contribution in [0.1, 0.15) is 6.92 Å². The number of carbonyl (C=O) groups is 2. The number of fused-ring (bicyclic) bond motifs is 3. The molecule has 0 radical (unpaired) electrons. The third kappa shape index (κ3) is 2.42. The standard InChI is InChI=1S/C16H13N3O5S/c1-2-3-9-8-18(16(21)22)15(20)19(9)14-17-12-11(25-14)5-4-10-13(12)24-7-6-23-10/h4-5,9H,6-8H2,1H3,(H,21,22). The van der Waals surface area contributed by atoms with Crippen LogP contribution in [0.2, 0.25) is 0 Å². The van der Waals surface area contributed by atoms with Gasteiger partial charge in [0.2, 0.25) is 0 Å². The smallest absolute Gasteiger partial charge is 0.415 e. The number of anilines is 1. The summed E-state index contributed by atoms with van der Waals surface area (Å²) in [5.41, 5.74) is 0.599. The van der Waals surface area contributed by atoms with Gasteiger partial charge in [0, 0.05) is 0 Å². The van der Waals surface area contributed by atoms with Crippen molar-refractivity contribution in [2.45, 2.75) is 13.0 Å². The van der Waals surface area contributed by atoms with Gasteiger partial charge < -0.3 is 14.6 Å². The molecule has 9 heteroatoms. The highest BCUT2D eigenvalue weighted by atomic mass is 32.1. The van der Waals surface area contributed by atoms with Crippen molar-refractivity contribution in [1.29, 1.82) is 0 Å². The zero-order valence-electron chi connectivity index (χ0n) is 13.2. The molecule has 128 valence electrons. The Labute approximate surface area is 146 Å². The molecule has 0 spiro atoms. The summed E-state index contributed by atoms with van der Waals surface area (Å²) in [5, 5.41) is 9.60. The van der Waals surface area contributed by atoms with Gasteiger partial charge in [-0.2, -0.15) is 0 Å². The van der Waals surface area contributed by atoms with Crippen molar-refractivity contribution in [2.24, 2.45) is 0 Å². The Kier molecular flexibility index (Phi) is 3.62. The van der Waals surface area contributed by atoms with Gasteiger partial charge in [0.05, 0.1) is 11.2 Å². The number of nitrogens with zero attached hydrogens (tertiary/aromatic N) is 3. The molecule has 2 aliphatic heterocycles. The first-order chi connectivity index (χ1) is 12.1. The molecule has 1 N–H and O–H groups in total. The fourth-order valence-corrected chi connectivity index (χ4v) is 3.85. The van der Waals surface area contributed by atoms with Crippen molar-refractivity contribution in [3.63, 3.8) is 0 Å². The van der Waals surface area contributed by atoms with Gasteiger partial charge in [-0.1, -0.05) is 17.3 Å². The predicted molar refractivity (Wildman–Crippen MR) is 90.5 cm³/mol. The quantitative estimate of drug-likeness (QED) is 0.786. The van der Waals surface area contributed by atoms with E-state index in [9.17, 15) is 14.7 Å². The molecule has 0 aliphatic carbocycles. The zero-order chi connectivity index (χ0) is 17.6. The Morgan fingerprint density at radius 2 is 2.20 bits per heavy atom. The van der Waals surface area contributed by atoms with E-state index in [2.05, 4.69) is 16.8 Å². The Hall–Kier alpha value is -2.99. The first kappa shape index (κ1) is 15.5. The van der Waals surface area contributed by atoms with Crippen LogP contribution in [0.15, 0.2) is 12.1 Å². The normalized spacial score (nSPS) is 19.1. The summed E-state index contributed by atoms with van der Waals surface area (Å²) in [6.45, 7) is 2.54. The lowest BCUT2D eigenvalue weighted by Gasteiger charge is -2.18. The lowest BCUT2D eigenvalue weighted by Crippen LogP contribution is -2.36. The number of benzene rings is 1. The Balaban J connectivity index is 1.80. The molecule has 1 fully saturated rings. The maximum atomic E-state index is 12.5. The second-order valence-corrected chi connectivity index (χ2v) is 6.40. The van der Waals surface area contributed by atoms with Gasteiger partial charge in [-0.05, 0) is 19.1 Å². The summed E-state index contributed by atoms with van der Waals surface area (Å²) in [4.78, 5) is 30.4. The second kappa shape index (κ2) is 5.82. The summed E-state index contributed by atoms with van der Waals surface area (Å²) < 4.78 is 12.0. The number of carboxylic acid groups (broad SMARTS) is 1. The van der Waals surface area contributed by atoms with Gasteiger partial charge in [-0.15, -0.1) is 5.92 Å². The number of amides is 3. The number of hydrogen-bond acceptors (Lipinski definition) is 6. The molecule has 1 atom stereocenters. The van der Waals surface area contributed by atoms with Crippen LogP contribution in [0, 0.1) is 11.8 Å². The van der Waals surface area contributed by atoms with Crippen molar-refractivity contribution < 1.29 is 24.2 Å². The van der Waals surface area contributed by atoms with Gasteiger partial charge in [-0.3, -0.25) is 4.90 Å². The summed E-state index contributed by atoms with van der Waals surface area (Å²) >= 11 is 1.29.